The van der Waals surface area contributed by atoms with Gasteiger partial charge in [0.2, 0.25) is 0 Å². The molecule has 0 atom stereocenters. The van der Waals surface area contributed by atoms with Crippen LogP contribution >= 0.6 is 0 Å². The second-order valence-electron chi connectivity index (χ2n) is 13.9. The number of hydrogen-bond donors (Lipinski definition) is 0. The second-order valence-corrected chi connectivity index (χ2v) is 13.9. The number of para-hydroxylation sites is 1. The SMILES string of the molecule is CC1(C)c2cc(-c3cc4c5ccccc5n5c6ccc(-c7ccccn7)cc6c(c3)c45)ccc2-c2c1c1ccccc1c1ccccc21. The summed E-state index contributed by atoms with van der Waals surface area (Å²) < 4.78 is 2.46. The molecule has 2 nitrogen and oxygen atoms in total. The molecular weight excluding hydrogens is 581 g/mol. The van der Waals surface area contributed by atoms with E-state index >= 15 is 0 Å². The highest BCUT2D eigenvalue weighted by Crippen LogP contribution is 2.55. The van der Waals surface area contributed by atoms with Crippen LogP contribution in [0.3, 0.4) is 0 Å². The van der Waals surface area contributed by atoms with Crippen LogP contribution in [0.5, 0.6) is 0 Å². The summed E-state index contributed by atoms with van der Waals surface area (Å²) in [5, 5.41) is 10.5. The van der Waals surface area contributed by atoms with Crippen LogP contribution in [0.25, 0.3) is 93.2 Å². The number of rotatable bonds is 2. The van der Waals surface area contributed by atoms with E-state index in [1.807, 2.05) is 12.3 Å². The Morgan fingerprint density at radius 1 is 0.479 bits per heavy atom. The number of aromatic nitrogens is 2. The quantitative estimate of drug-likeness (QED) is 0.178. The van der Waals surface area contributed by atoms with E-state index < -0.39 is 0 Å². The molecule has 48 heavy (non-hydrogen) atoms. The molecule has 0 bridgehead atoms. The Kier molecular flexibility index (Phi) is 4.94. The molecule has 10 aromatic rings. The molecule has 2 heteroatoms. The van der Waals surface area contributed by atoms with Gasteiger partial charge in [0.15, 0.2) is 0 Å². The molecule has 0 aliphatic heterocycles. The van der Waals surface area contributed by atoms with E-state index in [9.17, 15) is 0 Å². The maximum Gasteiger partial charge on any atom is 0.0702 e. The van der Waals surface area contributed by atoms with E-state index in [-0.39, 0.29) is 5.41 Å². The summed E-state index contributed by atoms with van der Waals surface area (Å²) in [5.41, 5.74) is 13.9. The molecule has 0 N–H and O–H groups in total. The van der Waals surface area contributed by atoms with Gasteiger partial charge < -0.3 is 4.40 Å². The molecule has 1 aliphatic carbocycles. The standard InChI is InChI=1S/C46H30N2/c1-46(2)39-26-27(18-20-35(39)43-33-14-5-3-11-30(33)31-12-4-6-15-34(31)44(43)46)29-24-37-32-13-7-8-17-41(32)48-42-21-19-28(40-16-9-10-22-47-40)23-36(42)38(25-29)45(37)48/h3-26H,1-2H3. The van der Waals surface area contributed by atoms with Crippen molar-refractivity contribution in [3.63, 3.8) is 0 Å². The summed E-state index contributed by atoms with van der Waals surface area (Å²) in [6.45, 7) is 4.82. The summed E-state index contributed by atoms with van der Waals surface area (Å²) in [6.07, 6.45) is 1.87. The second kappa shape index (κ2) is 9.08. The van der Waals surface area contributed by atoms with Gasteiger partial charge in [-0.15, -0.1) is 0 Å². The van der Waals surface area contributed by atoms with Crippen molar-refractivity contribution in [2.75, 3.05) is 0 Å². The lowest BCUT2D eigenvalue weighted by Gasteiger charge is -2.24. The first kappa shape index (κ1) is 26.1. The van der Waals surface area contributed by atoms with Crippen LogP contribution < -0.4 is 0 Å². The molecular formula is C46H30N2. The van der Waals surface area contributed by atoms with Crippen molar-refractivity contribution < 1.29 is 0 Å². The third kappa shape index (κ3) is 3.24. The van der Waals surface area contributed by atoms with Gasteiger partial charge >= 0.3 is 0 Å². The zero-order valence-corrected chi connectivity index (χ0v) is 26.8. The maximum atomic E-state index is 4.67. The predicted molar refractivity (Wildman–Crippen MR) is 202 cm³/mol. The van der Waals surface area contributed by atoms with Gasteiger partial charge in [-0.05, 0) is 103 Å². The summed E-state index contributed by atoms with van der Waals surface area (Å²) in [6, 6.07) is 51.7. The van der Waals surface area contributed by atoms with Crippen molar-refractivity contribution >= 4 is 59.6 Å². The zero-order chi connectivity index (χ0) is 31.7. The minimum absolute atomic E-state index is 0.147. The average molecular weight is 611 g/mol. The van der Waals surface area contributed by atoms with Crippen LogP contribution in [0.15, 0.2) is 146 Å². The van der Waals surface area contributed by atoms with Crippen LogP contribution in [0.4, 0.5) is 0 Å². The lowest BCUT2D eigenvalue weighted by molar-refractivity contribution is 0.667. The lowest BCUT2D eigenvalue weighted by Crippen LogP contribution is -2.15. The van der Waals surface area contributed by atoms with Crippen molar-refractivity contribution in [1.82, 2.24) is 9.38 Å². The molecule has 3 heterocycles. The van der Waals surface area contributed by atoms with E-state index in [0.29, 0.717) is 0 Å². The Bertz CT molecular complexity index is 2960. The highest BCUT2D eigenvalue weighted by Gasteiger charge is 2.38. The van der Waals surface area contributed by atoms with Crippen LogP contribution in [-0.2, 0) is 5.41 Å². The van der Waals surface area contributed by atoms with Crippen LogP contribution in [-0.4, -0.2) is 9.38 Å². The van der Waals surface area contributed by atoms with Crippen molar-refractivity contribution in [1.29, 1.82) is 0 Å². The molecule has 7 aromatic carbocycles. The molecule has 0 saturated carbocycles. The molecule has 3 aromatic heterocycles. The average Bonchev–Trinajstić information content (AvgIpc) is 3.74. The molecule has 1 aliphatic rings. The number of fused-ring (bicyclic) bond motifs is 14. The van der Waals surface area contributed by atoms with Crippen LogP contribution in [0, 0.1) is 0 Å². The minimum Gasteiger partial charge on any atom is -0.308 e. The predicted octanol–water partition coefficient (Wildman–Crippen LogP) is 12.2. The Balaban J connectivity index is 1.19. The Labute approximate surface area is 277 Å². The number of hydrogen-bond acceptors (Lipinski definition) is 1. The third-order valence-corrected chi connectivity index (χ3v) is 11.1. The highest BCUT2D eigenvalue weighted by atomic mass is 14.9. The fourth-order valence-corrected chi connectivity index (χ4v) is 9.02. The van der Waals surface area contributed by atoms with E-state index in [1.165, 1.54) is 93.0 Å². The molecule has 224 valence electrons. The number of benzene rings is 7. The van der Waals surface area contributed by atoms with Gasteiger partial charge in [0.05, 0.1) is 22.2 Å². The Morgan fingerprint density at radius 2 is 1.10 bits per heavy atom. The van der Waals surface area contributed by atoms with Gasteiger partial charge in [0.1, 0.15) is 0 Å². The topological polar surface area (TPSA) is 17.3 Å². The van der Waals surface area contributed by atoms with Crippen molar-refractivity contribution in [2.45, 2.75) is 19.3 Å². The van der Waals surface area contributed by atoms with Crippen molar-refractivity contribution in [3.8, 4) is 33.5 Å². The summed E-state index contributed by atoms with van der Waals surface area (Å²) in [4.78, 5) is 4.67. The lowest BCUT2D eigenvalue weighted by atomic mass is 9.78. The van der Waals surface area contributed by atoms with Gasteiger partial charge in [0, 0.05) is 38.7 Å². The first-order valence-corrected chi connectivity index (χ1v) is 16.8. The van der Waals surface area contributed by atoms with Crippen LogP contribution in [0.2, 0.25) is 0 Å². The highest BCUT2D eigenvalue weighted by molar-refractivity contribution is 6.25. The summed E-state index contributed by atoms with van der Waals surface area (Å²) in [7, 11) is 0. The van der Waals surface area contributed by atoms with E-state index in [1.54, 1.807) is 0 Å². The molecule has 0 spiro atoms. The molecule has 11 rings (SSSR count). The van der Waals surface area contributed by atoms with Crippen LogP contribution in [0.1, 0.15) is 25.0 Å². The van der Waals surface area contributed by atoms with Gasteiger partial charge in [-0.25, -0.2) is 0 Å². The normalized spacial score (nSPS) is 13.8. The third-order valence-electron chi connectivity index (χ3n) is 11.1. The molecule has 0 saturated heterocycles. The minimum atomic E-state index is -0.147. The van der Waals surface area contributed by atoms with E-state index in [2.05, 4.69) is 157 Å². The van der Waals surface area contributed by atoms with Gasteiger partial charge in [-0.1, -0.05) is 105 Å². The number of pyridine rings is 1. The Hall–Kier alpha value is -5.99. The molecule has 0 fully saturated rings. The first-order chi connectivity index (χ1) is 23.6. The summed E-state index contributed by atoms with van der Waals surface area (Å²) in [5.74, 6) is 0. The smallest absolute Gasteiger partial charge is 0.0702 e. The Morgan fingerprint density at radius 3 is 1.90 bits per heavy atom. The van der Waals surface area contributed by atoms with Crippen molar-refractivity contribution in [3.05, 3.63) is 157 Å². The fraction of sp³-hybridized carbons (Fsp3) is 0.0652. The van der Waals surface area contributed by atoms with E-state index in [4.69, 9.17) is 0 Å². The fourth-order valence-electron chi connectivity index (χ4n) is 9.02. The monoisotopic (exact) mass is 610 g/mol. The van der Waals surface area contributed by atoms with Gasteiger partial charge in [0.25, 0.3) is 0 Å². The van der Waals surface area contributed by atoms with Gasteiger partial charge in [-0.2, -0.15) is 0 Å². The molecule has 0 radical (unpaired) electrons. The maximum absolute atomic E-state index is 4.67. The van der Waals surface area contributed by atoms with Gasteiger partial charge in [-0.3, -0.25) is 4.98 Å². The molecule has 0 unspecified atom stereocenters. The van der Waals surface area contributed by atoms with Crippen molar-refractivity contribution in [2.24, 2.45) is 0 Å². The molecule has 0 amide bonds. The zero-order valence-electron chi connectivity index (χ0n) is 26.8. The summed E-state index contributed by atoms with van der Waals surface area (Å²) >= 11 is 0. The largest absolute Gasteiger partial charge is 0.308 e. The van der Waals surface area contributed by atoms with E-state index in [0.717, 1.165) is 11.3 Å². The first-order valence-electron chi connectivity index (χ1n) is 16.8. The number of nitrogens with zero attached hydrogens (tertiary/aromatic N) is 2.